The third kappa shape index (κ3) is 50.1. The third-order valence-electron chi connectivity index (χ3n) is 1.41. The maximum absolute atomic E-state index is 8.09. The minimum atomic E-state index is 0. The summed E-state index contributed by atoms with van der Waals surface area (Å²) in [5.74, 6) is 0. The second-order valence-electron chi connectivity index (χ2n) is 3.18. The lowest BCUT2D eigenvalue weighted by Crippen LogP contribution is -2.03. The second-order valence-corrected chi connectivity index (χ2v) is 3.18. The Balaban J connectivity index is -0.000000108. The number of hydrogen-bond acceptors (Lipinski definition) is 9. The summed E-state index contributed by atoms with van der Waals surface area (Å²) < 4.78 is 13.9. The lowest BCUT2D eigenvalue weighted by atomic mass is 10.7. The number of ether oxygens (including phenoxy) is 3. The topological polar surface area (TPSA) is 149 Å². The first-order valence-electron chi connectivity index (χ1n) is 6.63. The molecule has 0 saturated carbocycles. The molecule has 0 aliphatic heterocycles. The van der Waals surface area contributed by atoms with Gasteiger partial charge in [-0.25, -0.2) is 0 Å². The summed E-state index contributed by atoms with van der Waals surface area (Å²) in [6, 6.07) is 0. The van der Waals surface area contributed by atoms with Gasteiger partial charge in [0.2, 0.25) is 0 Å². The Labute approximate surface area is 135 Å². The minimum Gasteiger partial charge on any atom is -0.394 e. The Morgan fingerprint density at radius 1 is 0.364 bits per heavy atom. The Morgan fingerprint density at radius 2 is 0.500 bits per heavy atom. The first-order valence-corrected chi connectivity index (χ1v) is 6.63. The lowest BCUT2D eigenvalue weighted by molar-refractivity contribution is 0.0649. The number of hydrogen-bond donors (Lipinski definition) is 6. The monoisotopic (exact) mass is 352 g/mol. The molecule has 1 atom stereocenters. The van der Waals surface area contributed by atoms with Crippen LogP contribution in [0.5, 0.6) is 0 Å². The Morgan fingerprint density at radius 3 is 0.591 bits per heavy atom. The van der Waals surface area contributed by atoms with Crippen molar-refractivity contribution >= 4 is 9.90 Å². The molecule has 0 amide bonds. The molecule has 0 aromatic heterocycles. The van der Waals surface area contributed by atoms with Crippen molar-refractivity contribution < 1.29 is 44.8 Å². The number of rotatable bonds is 12. The fourth-order valence-electron chi connectivity index (χ4n) is 0.693. The van der Waals surface area contributed by atoms with Gasteiger partial charge in [0.05, 0.1) is 79.3 Å². The van der Waals surface area contributed by atoms with Crippen molar-refractivity contribution in [1.82, 2.24) is 0 Å². The average molecular weight is 352 g/mol. The van der Waals surface area contributed by atoms with Crippen LogP contribution in [0.25, 0.3) is 0 Å². The van der Waals surface area contributed by atoms with E-state index >= 15 is 0 Å². The highest BCUT2D eigenvalue weighted by Gasteiger charge is 1.80. The smallest absolute Gasteiger partial charge is 0.0698 e. The molecule has 0 aromatic carbocycles. The molecule has 6 N–H and O–H groups in total. The van der Waals surface area contributed by atoms with Gasteiger partial charge in [0.1, 0.15) is 0 Å². The van der Waals surface area contributed by atoms with E-state index in [-0.39, 0.29) is 49.5 Å². The zero-order valence-electron chi connectivity index (χ0n) is 13.1. The van der Waals surface area contributed by atoms with Crippen LogP contribution in [-0.4, -0.2) is 110 Å². The summed E-state index contributed by atoms with van der Waals surface area (Å²) in [6.45, 7) is 2.09. The molecule has 22 heavy (non-hydrogen) atoms. The van der Waals surface area contributed by atoms with Crippen molar-refractivity contribution in [3.63, 3.8) is 0 Å². The van der Waals surface area contributed by atoms with E-state index in [9.17, 15) is 0 Å². The highest BCUT2D eigenvalue weighted by atomic mass is 31.0. The van der Waals surface area contributed by atoms with Crippen LogP contribution >= 0.6 is 9.90 Å². The van der Waals surface area contributed by atoms with E-state index < -0.39 is 0 Å². The van der Waals surface area contributed by atoms with Crippen molar-refractivity contribution in [2.45, 2.75) is 0 Å². The van der Waals surface area contributed by atoms with Gasteiger partial charge in [-0.1, -0.05) is 0 Å². The quantitative estimate of drug-likeness (QED) is 0.160. The molecular weight excluding hydrogens is 319 g/mol. The van der Waals surface area contributed by atoms with Crippen LogP contribution in [-0.2, 0) is 14.2 Å². The van der Waals surface area contributed by atoms with E-state index in [0.717, 1.165) is 0 Å². The second kappa shape index (κ2) is 37.4. The summed E-state index contributed by atoms with van der Waals surface area (Å²) in [4.78, 5) is 0. The van der Waals surface area contributed by atoms with Gasteiger partial charge in [-0.15, -0.1) is 0 Å². The van der Waals surface area contributed by atoms with Gasteiger partial charge in [-0.05, 0) is 0 Å². The van der Waals surface area contributed by atoms with Crippen LogP contribution < -0.4 is 0 Å². The average Bonchev–Trinajstić information content (AvgIpc) is 2.50. The van der Waals surface area contributed by atoms with Gasteiger partial charge in [-0.2, -0.15) is 9.90 Å². The van der Waals surface area contributed by atoms with Gasteiger partial charge >= 0.3 is 0 Å². The van der Waals surface area contributed by atoms with Gasteiger partial charge in [0.25, 0.3) is 0 Å². The molecule has 1 unspecified atom stereocenters. The zero-order chi connectivity index (χ0) is 16.6. The van der Waals surface area contributed by atoms with Crippen LogP contribution in [0.2, 0.25) is 0 Å². The fraction of sp³-hybridized carbons (Fsp3) is 1.00. The standard InChI is InChI=1S/3C4H10O3.H3P/c3*5-1-3-7-4-2-6;/h3*5-6H,1-4H2;1H3. The lowest BCUT2D eigenvalue weighted by Gasteiger charge is -1.94. The Bertz CT molecular complexity index is 108. The summed E-state index contributed by atoms with van der Waals surface area (Å²) >= 11 is 0. The molecule has 140 valence electrons. The first kappa shape index (κ1) is 30.0. The van der Waals surface area contributed by atoms with Crippen LogP contribution in [0.15, 0.2) is 0 Å². The van der Waals surface area contributed by atoms with Crippen molar-refractivity contribution in [2.24, 2.45) is 0 Å². The predicted octanol–water partition coefficient (Wildman–Crippen LogP) is -2.98. The van der Waals surface area contributed by atoms with Crippen molar-refractivity contribution in [3.05, 3.63) is 0 Å². The van der Waals surface area contributed by atoms with E-state index in [1.165, 1.54) is 0 Å². The first-order chi connectivity index (χ1) is 10.2. The molecule has 0 aliphatic rings. The third-order valence-corrected chi connectivity index (χ3v) is 1.41. The zero-order valence-corrected chi connectivity index (χ0v) is 14.5. The van der Waals surface area contributed by atoms with Crippen LogP contribution in [0, 0.1) is 0 Å². The maximum Gasteiger partial charge on any atom is 0.0698 e. The summed E-state index contributed by atoms with van der Waals surface area (Å²) in [5, 5.41) is 48.5. The molecule has 0 rings (SSSR count). The van der Waals surface area contributed by atoms with E-state index in [1.54, 1.807) is 0 Å². The largest absolute Gasteiger partial charge is 0.394 e. The highest BCUT2D eigenvalue weighted by Crippen LogP contribution is 1.69. The van der Waals surface area contributed by atoms with Crippen molar-refractivity contribution in [3.8, 4) is 0 Å². The highest BCUT2D eigenvalue weighted by molar-refractivity contribution is 6.92. The Kier molecular flexibility index (Phi) is 51.0. The minimum absolute atomic E-state index is 0. The van der Waals surface area contributed by atoms with E-state index in [0.29, 0.717) is 39.6 Å². The van der Waals surface area contributed by atoms with Crippen LogP contribution in [0.1, 0.15) is 0 Å². The van der Waals surface area contributed by atoms with Crippen LogP contribution in [0.4, 0.5) is 0 Å². The number of aliphatic hydroxyl groups is 6. The van der Waals surface area contributed by atoms with Crippen molar-refractivity contribution in [2.75, 3.05) is 79.3 Å². The molecule has 9 nitrogen and oxygen atoms in total. The normalized spacial score (nSPS) is 9.00. The Hall–Kier alpha value is 0.0700. The van der Waals surface area contributed by atoms with Gasteiger partial charge in [-0.3, -0.25) is 0 Å². The van der Waals surface area contributed by atoms with E-state index in [2.05, 4.69) is 14.2 Å². The summed E-state index contributed by atoms with van der Waals surface area (Å²) in [7, 11) is 0. The molecular formula is C12H33O9P. The molecule has 0 radical (unpaired) electrons. The van der Waals surface area contributed by atoms with Crippen LogP contribution in [0.3, 0.4) is 0 Å². The maximum atomic E-state index is 8.09. The molecule has 0 fully saturated rings. The molecule has 10 heteroatoms. The SMILES string of the molecule is OCCOCCO.OCCOCCO.OCCOCCO.P. The summed E-state index contributed by atoms with van der Waals surface area (Å²) in [5.41, 5.74) is 0. The number of aliphatic hydroxyl groups excluding tert-OH is 6. The predicted molar refractivity (Wildman–Crippen MR) is 86.1 cm³/mol. The molecule has 0 aromatic rings. The molecule has 0 aliphatic carbocycles. The van der Waals surface area contributed by atoms with Crippen molar-refractivity contribution in [1.29, 1.82) is 0 Å². The van der Waals surface area contributed by atoms with Gasteiger partial charge in [0.15, 0.2) is 0 Å². The van der Waals surface area contributed by atoms with Gasteiger partial charge in [0, 0.05) is 0 Å². The van der Waals surface area contributed by atoms with E-state index in [1.807, 2.05) is 0 Å². The molecule has 0 heterocycles. The van der Waals surface area contributed by atoms with E-state index in [4.69, 9.17) is 30.6 Å². The summed E-state index contributed by atoms with van der Waals surface area (Å²) in [6.07, 6.45) is 0. The van der Waals surface area contributed by atoms with Gasteiger partial charge < -0.3 is 44.8 Å². The molecule has 0 saturated heterocycles. The fourth-order valence-corrected chi connectivity index (χ4v) is 0.693. The molecule has 0 spiro atoms. The molecule has 0 bridgehead atoms.